The molecule has 0 aromatic heterocycles. The van der Waals surface area contributed by atoms with Crippen LogP contribution >= 0.6 is 0 Å². The summed E-state index contributed by atoms with van der Waals surface area (Å²) in [6.07, 6.45) is 2.84. The van der Waals surface area contributed by atoms with Gasteiger partial charge in [0.1, 0.15) is 5.75 Å². The molecule has 0 saturated heterocycles. The minimum Gasteiger partial charge on any atom is -0.435 e. The molecule has 0 radical (unpaired) electrons. The Hall–Kier alpha value is -3.20. The SMILES string of the molecule is N#Cc1cccc(NC(=O)/C=C/c2ccc(OC(F)F)cc2)c1. The Labute approximate surface area is 131 Å². The van der Waals surface area contributed by atoms with Crippen molar-refractivity contribution < 1.29 is 18.3 Å². The average molecular weight is 314 g/mol. The molecule has 6 heteroatoms. The number of amides is 1. The molecule has 0 bridgehead atoms. The van der Waals surface area contributed by atoms with E-state index in [1.165, 1.54) is 24.3 Å². The summed E-state index contributed by atoms with van der Waals surface area (Å²) >= 11 is 0. The summed E-state index contributed by atoms with van der Waals surface area (Å²) in [6.45, 7) is -2.87. The molecule has 0 aliphatic carbocycles. The van der Waals surface area contributed by atoms with Crippen molar-refractivity contribution in [2.45, 2.75) is 6.61 Å². The fourth-order valence-electron chi connectivity index (χ4n) is 1.78. The fourth-order valence-corrected chi connectivity index (χ4v) is 1.78. The van der Waals surface area contributed by atoms with Crippen molar-refractivity contribution in [1.82, 2.24) is 0 Å². The van der Waals surface area contributed by atoms with Gasteiger partial charge in [0.25, 0.3) is 0 Å². The molecular formula is C17H12F2N2O2. The van der Waals surface area contributed by atoms with Crippen LogP contribution in [-0.4, -0.2) is 12.5 Å². The number of hydrogen-bond acceptors (Lipinski definition) is 3. The molecule has 0 aliphatic heterocycles. The first-order valence-corrected chi connectivity index (χ1v) is 6.61. The van der Waals surface area contributed by atoms with Crippen molar-refractivity contribution in [3.8, 4) is 11.8 Å². The fraction of sp³-hybridized carbons (Fsp3) is 0.0588. The van der Waals surface area contributed by atoms with Crippen LogP contribution in [0.4, 0.5) is 14.5 Å². The molecule has 23 heavy (non-hydrogen) atoms. The topological polar surface area (TPSA) is 62.1 Å². The van der Waals surface area contributed by atoms with Crippen LogP contribution in [0.15, 0.2) is 54.6 Å². The lowest BCUT2D eigenvalue weighted by Crippen LogP contribution is -2.07. The highest BCUT2D eigenvalue weighted by Crippen LogP contribution is 2.16. The first kappa shape index (κ1) is 16.2. The third-order valence-corrected chi connectivity index (χ3v) is 2.79. The third kappa shape index (κ3) is 5.25. The van der Waals surface area contributed by atoms with E-state index in [0.717, 1.165) is 0 Å². The zero-order valence-corrected chi connectivity index (χ0v) is 11.9. The van der Waals surface area contributed by atoms with Gasteiger partial charge in [0.15, 0.2) is 0 Å². The van der Waals surface area contributed by atoms with E-state index in [9.17, 15) is 13.6 Å². The second-order valence-electron chi connectivity index (χ2n) is 4.46. The predicted molar refractivity (Wildman–Crippen MR) is 81.9 cm³/mol. The van der Waals surface area contributed by atoms with E-state index in [0.29, 0.717) is 16.8 Å². The Kier molecular flexibility index (Phi) is 5.42. The van der Waals surface area contributed by atoms with Gasteiger partial charge < -0.3 is 10.1 Å². The summed E-state index contributed by atoms with van der Waals surface area (Å²) < 4.78 is 28.3. The number of halogens is 2. The van der Waals surface area contributed by atoms with E-state index in [-0.39, 0.29) is 11.7 Å². The van der Waals surface area contributed by atoms with Gasteiger partial charge in [0, 0.05) is 11.8 Å². The number of nitrogens with zero attached hydrogens (tertiary/aromatic N) is 1. The number of alkyl halides is 2. The molecule has 1 N–H and O–H groups in total. The lowest BCUT2D eigenvalue weighted by Gasteiger charge is -2.04. The van der Waals surface area contributed by atoms with Crippen LogP contribution in [-0.2, 0) is 4.79 Å². The van der Waals surface area contributed by atoms with E-state index in [2.05, 4.69) is 10.1 Å². The Morgan fingerprint density at radius 3 is 2.61 bits per heavy atom. The van der Waals surface area contributed by atoms with Crippen LogP contribution in [0.25, 0.3) is 6.08 Å². The normalized spacial score (nSPS) is 10.5. The molecule has 0 spiro atoms. The van der Waals surface area contributed by atoms with Crippen LogP contribution in [0, 0.1) is 11.3 Å². The van der Waals surface area contributed by atoms with E-state index in [1.807, 2.05) is 6.07 Å². The van der Waals surface area contributed by atoms with Crippen molar-refractivity contribution >= 4 is 17.7 Å². The summed E-state index contributed by atoms with van der Waals surface area (Å²) in [5.41, 5.74) is 1.62. The first-order valence-electron chi connectivity index (χ1n) is 6.61. The number of ether oxygens (including phenoxy) is 1. The van der Waals surface area contributed by atoms with Crippen LogP contribution in [0.3, 0.4) is 0 Å². The summed E-state index contributed by atoms with van der Waals surface area (Å²) in [7, 11) is 0. The number of nitriles is 1. The highest BCUT2D eigenvalue weighted by atomic mass is 19.3. The van der Waals surface area contributed by atoms with Gasteiger partial charge >= 0.3 is 6.61 Å². The van der Waals surface area contributed by atoms with Gasteiger partial charge in [-0.05, 0) is 42.0 Å². The zero-order valence-electron chi connectivity index (χ0n) is 11.9. The molecule has 2 aromatic carbocycles. The van der Waals surface area contributed by atoms with Crippen LogP contribution in [0.5, 0.6) is 5.75 Å². The number of carbonyl (C=O) groups is 1. The maximum atomic E-state index is 12.0. The molecule has 116 valence electrons. The van der Waals surface area contributed by atoms with Crippen molar-refractivity contribution in [3.05, 3.63) is 65.7 Å². The van der Waals surface area contributed by atoms with E-state index in [4.69, 9.17) is 5.26 Å². The minimum atomic E-state index is -2.87. The summed E-state index contributed by atoms with van der Waals surface area (Å²) in [5.74, 6) is -0.317. The summed E-state index contributed by atoms with van der Waals surface area (Å²) in [6, 6.07) is 14.4. The molecule has 0 heterocycles. The van der Waals surface area contributed by atoms with Crippen molar-refractivity contribution in [3.63, 3.8) is 0 Å². The first-order chi connectivity index (χ1) is 11.1. The highest BCUT2D eigenvalue weighted by molar-refractivity contribution is 6.02. The van der Waals surface area contributed by atoms with Crippen LogP contribution in [0.1, 0.15) is 11.1 Å². The van der Waals surface area contributed by atoms with E-state index < -0.39 is 6.61 Å². The van der Waals surface area contributed by atoms with Gasteiger partial charge in [-0.2, -0.15) is 14.0 Å². The molecule has 2 aromatic rings. The Morgan fingerprint density at radius 1 is 1.22 bits per heavy atom. The number of benzene rings is 2. The highest BCUT2D eigenvalue weighted by Gasteiger charge is 2.03. The van der Waals surface area contributed by atoms with E-state index >= 15 is 0 Å². The van der Waals surface area contributed by atoms with Gasteiger partial charge in [-0.25, -0.2) is 0 Å². The molecule has 2 rings (SSSR count). The number of nitrogens with one attached hydrogen (secondary N) is 1. The third-order valence-electron chi connectivity index (χ3n) is 2.79. The average Bonchev–Trinajstić information content (AvgIpc) is 2.54. The second kappa shape index (κ2) is 7.71. The van der Waals surface area contributed by atoms with Gasteiger partial charge in [0.05, 0.1) is 11.6 Å². The van der Waals surface area contributed by atoms with Crippen LogP contribution < -0.4 is 10.1 Å². The van der Waals surface area contributed by atoms with Gasteiger partial charge in [-0.1, -0.05) is 18.2 Å². The number of hydrogen-bond donors (Lipinski definition) is 1. The monoisotopic (exact) mass is 314 g/mol. The van der Waals surface area contributed by atoms with Crippen molar-refractivity contribution in [1.29, 1.82) is 5.26 Å². The Bertz CT molecular complexity index is 750. The Morgan fingerprint density at radius 2 is 1.96 bits per heavy atom. The zero-order chi connectivity index (χ0) is 16.7. The minimum absolute atomic E-state index is 0.0509. The number of anilines is 1. The van der Waals surface area contributed by atoms with Crippen molar-refractivity contribution in [2.24, 2.45) is 0 Å². The van der Waals surface area contributed by atoms with Crippen LogP contribution in [0.2, 0.25) is 0 Å². The molecule has 1 amide bonds. The lowest BCUT2D eigenvalue weighted by atomic mass is 10.2. The molecular weight excluding hydrogens is 302 g/mol. The molecule has 0 aliphatic rings. The smallest absolute Gasteiger partial charge is 0.387 e. The second-order valence-corrected chi connectivity index (χ2v) is 4.46. The molecule has 0 saturated carbocycles. The Balaban J connectivity index is 1.96. The van der Waals surface area contributed by atoms with Gasteiger partial charge in [0.2, 0.25) is 5.91 Å². The van der Waals surface area contributed by atoms with Gasteiger partial charge in [-0.15, -0.1) is 0 Å². The molecule has 0 fully saturated rings. The van der Waals surface area contributed by atoms with Gasteiger partial charge in [-0.3, -0.25) is 4.79 Å². The summed E-state index contributed by atoms with van der Waals surface area (Å²) in [5, 5.41) is 11.4. The molecule has 0 unspecified atom stereocenters. The van der Waals surface area contributed by atoms with E-state index in [1.54, 1.807) is 36.4 Å². The molecule has 0 atom stereocenters. The largest absolute Gasteiger partial charge is 0.435 e. The summed E-state index contributed by atoms with van der Waals surface area (Å²) in [4.78, 5) is 11.8. The maximum Gasteiger partial charge on any atom is 0.387 e. The maximum absolute atomic E-state index is 12.0. The predicted octanol–water partition coefficient (Wildman–Crippen LogP) is 3.81. The quantitative estimate of drug-likeness (QED) is 0.854. The lowest BCUT2D eigenvalue weighted by molar-refractivity contribution is -0.111. The molecule has 4 nitrogen and oxygen atoms in total. The number of rotatable bonds is 5. The van der Waals surface area contributed by atoms with Crippen molar-refractivity contribution in [2.75, 3.05) is 5.32 Å². The number of carbonyl (C=O) groups excluding carboxylic acids is 1. The standard InChI is InChI=1S/C17H12F2N2O2/c18-17(19)23-15-7-4-12(5-8-15)6-9-16(22)21-14-3-1-2-13(10-14)11-20/h1-10,17H,(H,21,22)/b9-6+.